The zero-order chi connectivity index (χ0) is 19.6. The zero-order valence-electron chi connectivity index (χ0n) is 15.8. The molecular formula is C20H25N3O3S. The molecule has 3 rings (SSSR count). The van der Waals surface area contributed by atoms with Gasteiger partial charge in [0.2, 0.25) is 15.9 Å². The van der Waals surface area contributed by atoms with Gasteiger partial charge in [0.15, 0.2) is 0 Å². The molecule has 1 aliphatic heterocycles. The van der Waals surface area contributed by atoms with Crippen molar-refractivity contribution in [2.45, 2.75) is 19.4 Å². The summed E-state index contributed by atoms with van der Waals surface area (Å²) < 4.78 is 25.8. The highest BCUT2D eigenvalue weighted by molar-refractivity contribution is 7.93. The number of nitrogens with zero attached hydrogens (tertiary/aromatic N) is 2. The maximum atomic E-state index is 13.0. The van der Waals surface area contributed by atoms with Crippen LogP contribution in [0, 0.1) is 6.92 Å². The van der Waals surface area contributed by atoms with E-state index in [1.54, 1.807) is 12.1 Å². The molecule has 0 aliphatic carbocycles. The van der Waals surface area contributed by atoms with E-state index in [1.807, 2.05) is 62.3 Å². The van der Waals surface area contributed by atoms with Crippen LogP contribution in [-0.2, 0) is 14.8 Å². The molecular weight excluding hydrogens is 362 g/mol. The summed E-state index contributed by atoms with van der Waals surface area (Å²) in [5.74, 6) is 0.00922. The monoisotopic (exact) mass is 387 g/mol. The van der Waals surface area contributed by atoms with Gasteiger partial charge in [0.05, 0.1) is 11.4 Å². The van der Waals surface area contributed by atoms with Gasteiger partial charge in [0, 0.05) is 12.2 Å². The lowest BCUT2D eigenvalue weighted by Gasteiger charge is -2.25. The molecule has 1 aliphatic rings. The van der Waals surface area contributed by atoms with Crippen LogP contribution in [0.2, 0.25) is 0 Å². The molecule has 1 atom stereocenters. The number of amides is 1. The number of likely N-dealkylation sites (N-methyl/N-ethyl adjacent to an activating group) is 1. The average molecular weight is 388 g/mol. The predicted molar refractivity (Wildman–Crippen MR) is 108 cm³/mol. The van der Waals surface area contributed by atoms with Gasteiger partial charge in [-0.2, -0.15) is 0 Å². The highest BCUT2D eigenvalue weighted by Crippen LogP contribution is 2.29. The molecule has 1 saturated heterocycles. The van der Waals surface area contributed by atoms with Crippen LogP contribution in [0.25, 0.3) is 0 Å². The van der Waals surface area contributed by atoms with Crippen LogP contribution in [0.1, 0.15) is 23.6 Å². The number of rotatable bonds is 5. The van der Waals surface area contributed by atoms with E-state index in [9.17, 15) is 13.2 Å². The van der Waals surface area contributed by atoms with Crippen molar-refractivity contribution in [1.82, 2.24) is 4.90 Å². The van der Waals surface area contributed by atoms with E-state index in [1.165, 1.54) is 4.31 Å². The van der Waals surface area contributed by atoms with Crippen LogP contribution in [-0.4, -0.2) is 45.6 Å². The molecule has 6 nitrogen and oxygen atoms in total. The smallest absolute Gasteiger partial charge is 0.246 e. The van der Waals surface area contributed by atoms with E-state index in [0.717, 1.165) is 11.1 Å². The van der Waals surface area contributed by atoms with Crippen LogP contribution in [0.3, 0.4) is 0 Å². The normalized spacial score (nSPS) is 17.1. The van der Waals surface area contributed by atoms with Crippen molar-refractivity contribution in [2.24, 2.45) is 0 Å². The van der Waals surface area contributed by atoms with E-state index in [2.05, 4.69) is 5.32 Å². The molecule has 7 heteroatoms. The van der Waals surface area contributed by atoms with Crippen molar-refractivity contribution in [1.29, 1.82) is 0 Å². The Kier molecular flexibility index (Phi) is 5.53. The summed E-state index contributed by atoms with van der Waals surface area (Å²) in [5, 5.41) is 2.98. The summed E-state index contributed by atoms with van der Waals surface area (Å²) >= 11 is 0. The maximum absolute atomic E-state index is 13.0. The third kappa shape index (κ3) is 4.14. The van der Waals surface area contributed by atoms with Crippen molar-refractivity contribution in [3.8, 4) is 0 Å². The molecule has 1 fully saturated rings. The molecule has 1 amide bonds. The second kappa shape index (κ2) is 7.70. The molecule has 0 bridgehead atoms. The first-order valence-corrected chi connectivity index (χ1v) is 10.5. The number of carbonyl (C=O) groups excluding carboxylic acids is 1. The second-order valence-corrected chi connectivity index (χ2v) is 9.02. The predicted octanol–water partition coefficient (Wildman–Crippen LogP) is 2.78. The Bertz CT molecular complexity index is 927. The standard InChI is InChI=1S/C20H25N3O3S/c1-15-10-11-17(23-12-7-13-27(23,25)26)14-18(15)21-20(24)19(22(2)3)16-8-5-4-6-9-16/h4-6,8-11,14,19H,7,12-13H2,1-3H3,(H,21,24). The van der Waals surface area contributed by atoms with Crippen molar-refractivity contribution in [3.05, 3.63) is 59.7 Å². The Labute approximate surface area is 160 Å². The van der Waals surface area contributed by atoms with Crippen molar-refractivity contribution in [3.63, 3.8) is 0 Å². The zero-order valence-corrected chi connectivity index (χ0v) is 16.7. The summed E-state index contributed by atoms with van der Waals surface area (Å²) in [6.45, 7) is 2.37. The Morgan fingerprint density at radius 3 is 2.44 bits per heavy atom. The Hall–Kier alpha value is -2.38. The fraction of sp³-hybridized carbons (Fsp3) is 0.350. The fourth-order valence-corrected chi connectivity index (χ4v) is 4.91. The van der Waals surface area contributed by atoms with Gasteiger partial charge in [-0.3, -0.25) is 14.0 Å². The first kappa shape index (κ1) is 19.4. The molecule has 1 N–H and O–H groups in total. The minimum Gasteiger partial charge on any atom is -0.324 e. The van der Waals surface area contributed by atoms with Crippen molar-refractivity contribution in [2.75, 3.05) is 36.0 Å². The van der Waals surface area contributed by atoms with Crippen LogP contribution in [0.15, 0.2) is 48.5 Å². The Morgan fingerprint density at radius 1 is 1.15 bits per heavy atom. The highest BCUT2D eigenvalue weighted by atomic mass is 32.2. The van der Waals surface area contributed by atoms with Crippen LogP contribution < -0.4 is 9.62 Å². The van der Waals surface area contributed by atoms with Gasteiger partial charge < -0.3 is 5.32 Å². The summed E-state index contributed by atoms with van der Waals surface area (Å²) in [5.41, 5.74) is 3.00. The largest absolute Gasteiger partial charge is 0.324 e. The highest BCUT2D eigenvalue weighted by Gasteiger charge is 2.29. The fourth-order valence-electron chi connectivity index (χ4n) is 3.35. The van der Waals surface area contributed by atoms with Gasteiger partial charge in [0.1, 0.15) is 6.04 Å². The first-order chi connectivity index (χ1) is 12.8. The number of anilines is 2. The number of sulfonamides is 1. The second-order valence-electron chi connectivity index (χ2n) is 7.01. The SMILES string of the molecule is Cc1ccc(N2CCCS2(=O)=O)cc1NC(=O)C(c1ccccc1)N(C)C. The molecule has 1 heterocycles. The number of aryl methyl sites for hydroxylation is 1. The molecule has 0 aromatic heterocycles. The van der Waals surface area contributed by atoms with Gasteiger partial charge in [-0.05, 0) is 50.7 Å². The summed E-state index contributed by atoms with van der Waals surface area (Å²) in [6.07, 6.45) is 0.620. The number of hydrogen-bond donors (Lipinski definition) is 1. The number of hydrogen-bond acceptors (Lipinski definition) is 4. The maximum Gasteiger partial charge on any atom is 0.246 e. The average Bonchev–Trinajstić information content (AvgIpc) is 2.97. The summed E-state index contributed by atoms with van der Waals surface area (Å²) in [6, 6.07) is 14.5. The molecule has 0 radical (unpaired) electrons. The number of carbonyl (C=O) groups is 1. The van der Waals surface area contributed by atoms with Crippen molar-refractivity contribution >= 4 is 27.3 Å². The Balaban J connectivity index is 1.88. The number of nitrogens with one attached hydrogen (secondary N) is 1. The molecule has 1 unspecified atom stereocenters. The van der Waals surface area contributed by atoms with Crippen LogP contribution in [0.4, 0.5) is 11.4 Å². The van der Waals surface area contributed by atoms with Crippen molar-refractivity contribution < 1.29 is 13.2 Å². The molecule has 2 aromatic rings. The third-order valence-electron chi connectivity index (χ3n) is 4.75. The van der Waals surface area contributed by atoms with Gasteiger partial charge in [-0.1, -0.05) is 36.4 Å². The lowest BCUT2D eigenvalue weighted by molar-refractivity contribution is -0.120. The molecule has 0 spiro atoms. The first-order valence-electron chi connectivity index (χ1n) is 8.93. The van der Waals surface area contributed by atoms with Gasteiger partial charge in [-0.25, -0.2) is 8.42 Å². The molecule has 0 saturated carbocycles. The number of benzene rings is 2. The lowest BCUT2D eigenvalue weighted by atomic mass is 10.0. The molecule has 27 heavy (non-hydrogen) atoms. The van der Waals surface area contributed by atoms with E-state index < -0.39 is 16.1 Å². The molecule has 144 valence electrons. The van der Waals surface area contributed by atoms with Gasteiger partial charge in [-0.15, -0.1) is 0 Å². The minimum absolute atomic E-state index is 0.157. The minimum atomic E-state index is -3.26. The van der Waals surface area contributed by atoms with E-state index >= 15 is 0 Å². The summed E-state index contributed by atoms with van der Waals surface area (Å²) in [7, 11) is 0.458. The third-order valence-corrected chi connectivity index (χ3v) is 6.62. The quantitative estimate of drug-likeness (QED) is 0.857. The summed E-state index contributed by atoms with van der Waals surface area (Å²) in [4.78, 5) is 14.8. The molecule has 2 aromatic carbocycles. The Morgan fingerprint density at radius 2 is 1.85 bits per heavy atom. The topological polar surface area (TPSA) is 69.7 Å². The van der Waals surface area contributed by atoms with E-state index in [-0.39, 0.29) is 11.7 Å². The van der Waals surface area contributed by atoms with Gasteiger partial charge in [0.25, 0.3) is 0 Å². The van der Waals surface area contributed by atoms with Gasteiger partial charge >= 0.3 is 0 Å². The van der Waals surface area contributed by atoms with Crippen LogP contribution >= 0.6 is 0 Å². The van der Waals surface area contributed by atoms with Crippen LogP contribution in [0.5, 0.6) is 0 Å². The van der Waals surface area contributed by atoms with E-state index in [0.29, 0.717) is 24.3 Å². The lowest BCUT2D eigenvalue weighted by Crippen LogP contribution is -2.32. The van der Waals surface area contributed by atoms with E-state index in [4.69, 9.17) is 0 Å².